The van der Waals surface area contributed by atoms with Crippen molar-refractivity contribution < 1.29 is 13.5 Å². The van der Waals surface area contributed by atoms with Crippen molar-refractivity contribution in [2.75, 3.05) is 31.1 Å². The Morgan fingerprint density at radius 3 is 2.84 bits per heavy atom. The van der Waals surface area contributed by atoms with E-state index in [4.69, 9.17) is 5.73 Å². The van der Waals surface area contributed by atoms with Gasteiger partial charge in [-0.1, -0.05) is 6.42 Å². The lowest BCUT2D eigenvalue weighted by Crippen LogP contribution is -2.48. The van der Waals surface area contributed by atoms with Gasteiger partial charge < -0.3 is 10.8 Å². The minimum Gasteiger partial charge on any atom is -0.388 e. The van der Waals surface area contributed by atoms with E-state index in [1.165, 1.54) is 0 Å². The number of hydrogen-bond acceptors (Lipinski definition) is 5. The molecule has 3 atom stereocenters. The Morgan fingerprint density at radius 2 is 2.21 bits per heavy atom. The first-order chi connectivity index (χ1) is 8.86. The third-order valence-corrected chi connectivity index (χ3v) is 6.64. The standard InChI is InChI=1S/C13H26N2O3S/c1-11-9-19(17,18)8-7-15(11)6-4-12-3-2-5-13(12,16)10-14/h11-12,16H,2-10,14H2,1H3. The third kappa shape index (κ3) is 3.48. The summed E-state index contributed by atoms with van der Waals surface area (Å²) < 4.78 is 23.1. The zero-order chi connectivity index (χ0) is 14.1. The second-order valence-electron chi connectivity index (χ2n) is 6.18. The van der Waals surface area contributed by atoms with E-state index in [2.05, 4.69) is 4.90 Å². The van der Waals surface area contributed by atoms with Crippen LogP contribution in [-0.2, 0) is 9.84 Å². The second kappa shape index (κ2) is 5.68. The van der Waals surface area contributed by atoms with Crippen molar-refractivity contribution >= 4 is 9.84 Å². The molecule has 1 aliphatic carbocycles. The molecule has 2 aliphatic rings. The van der Waals surface area contributed by atoms with E-state index in [0.717, 1.165) is 32.2 Å². The Morgan fingerprint density at radius 1 is 1.47 bits per heavy atom. The zero-order valence-corrected chi connectivity index (χ0v) is 12.5. The maximum Gasteiger partial charge on any atom is 0.153 e. The summed E-state index contributed by atoms with van der Waals surface area (Å²) in [4.78, 5) is 2.23. The Bertz CT molecular complexity index is 412. The molecule has 6 heteroatoms. The Balaban J connectivity index is 1.86. The highest BCUT2D eigenvalue weighted by atomic mass is 32.2. The van der Waals surface area contributed by atoms with Crippen molar-refractivity contribution in [2.24, 2.45) is 11.7 Å². The molecule has 1 saturated heterocycles. The van der Waals surface area contributed by atoms with Crippen LogP contribution < -0.4 is 5.73 Å². The SMILES string of the molecule is CC1CS(=O)(=O)CCN1CCC1CCCC1(O)CN. The second-order valence-corrected chi connectivity index (χ2v) is 8.41. The van der Waals surface area contributed by atoms with Gasteiger partial charge in [-0.05, 0) is 38.6 Å². The molecule has 0 amide bonds. The minimum absolute atomic E-state index is 0.0890. The lowest BCUT2D eigenvalue weighted by molar-refractivity contribution is 0.00357. The number of rotatable bonds is 4. The fourth-order valence-corrected chi connectivity index (χ4v) is 5.12. The lowest BCUT2D eigenvalue weighted by Gasteiger charge is -2.35. The predicted octanol–water partition coefficient (Wildman–Crippen LogP) is -0.0147. The molecule has 19 heavy (non-hydrogen) atoms. The summed E-state index contributed by atoms with van der Waals surface area (Å²) in [7, 11) is -2.84. The van der Waals surface area contributed by atoms with Crippen LogP contribution in [0.4, 0.5) is 0 Å². The molecule has 0 radical (unpaired) electrons. The average Bonchev–Trinajstić information content (AvgIpc) is 2.70. The van der Waals surface area contributed by atoms with Gasteiger partial charge in [-0.2, -0.15) is 0 Å². The molecule has 2 rings (SSSR count). The molecule has 5 nitrogen and oxygen atoms in total. The van der Waals surface area contributed by atoms with Crippen molar-refractivity contribution in [3.63, 3.8) is 0 Å². The predicted molar refractivity (Wildman–Crippen MR) is 75.7 cm³/mol. The van der Waals surface area contributed by atoms with Gasteiger partial charge in [0, 0.05) is 19.1 Å². The Hall–Kier alpha value is -0.170. The van der Waals surface area contributed by atoms with Crippen LogP contribution in [0, 0.1) is 5.92 Å². The fourth-order valence-electron chi connectivity index (χ4n) is 3.50. The van der Waals surface area contributed by atoms with E-state index >= 15 is 0 Å². The molecule has 112 valence electrons. The van der Waals surface area contributed by atoms with Crippen molar-refractivity contribution in [3.8, 4) is 0 Å². The topological polar surface area (TPSA) is 83.6 Å². The molecule has 0 spiro atoms. The molecule has 1 aliphatic heterocycles. The number of nitrogens with two attached hydrogens (primary N) is 1. The molecule has 0 aromatic heterocycles. The van der Waals surface area contributed by atoms with Crippen LogP contribution in [0.5, 0.6) is 0 Å². The van der Waals surface area contributed by atoms with Crippen molar-refractivity contribution in [1.82, 2.24) is 4.90 Å². The summed E-state index contributed by atoms with van der Waals surface area (Å²) in [6.07, 6.45) is 3.80. The maximum atomic E-state index is 11.5. The van der Waals surface area contributed by atoms with Gasteiger partial charge in [0.2, 0.25) is 0 Å². The van der Waals surface area contributed by atoms with Gasteiger partial charge in [0.15, 0.2) is 9.84 Å². The van der Waals surface area contributed by atoms with Gasteiger partial charge in [0.25, 0.3) is 0 Å². The fraction of sp³-hybridized carbons (Fsp3) is 1.00. The van der Waals surface area contributed by atoms with E-state index in [9.17, 15) is 13.5 Å². The highest BCUT2D eigenvalue weighted by Crippen LogP contribution is 2.37. The zero-order valence-electron chi connectivity index (χ0n) is 11.7. The highest BCUT2D eigenvalue weighted by Gasteiger charge is 2.40. The van der Waals surface area contributed by atoms with E-state index in [1.54, 1.807) is 0 Å². The summed E-state index contributed by atoms with van der Waals surface area (Å²) in [6, 6.07) is 0.0890. The number of aliphatic hydroxyl groups is 1. The van der Waals surface area contributed by atoms with Crippen LogP contribution in [-0.4, -0.2) is 61.2 Å². The highest BCUT2D eigenvalue weighted by molar-refractivity contribution is 7.91. The molecular weight excluding hydrogens is 264 g/mol. The molecule has 0 bridgehead atoms. The van der Waals surface area contributed by atoms with E-state index in [-0.39, 0.29) is 23.5 Å². The quantitative estimate of drug-likeness (QED) is 0.760. The molecular formula is C13H26N2O3S. The molecule has 0 aromatic carbocycles. The van der Waals surface area contributed by atoms with Crippen molar-refractivity contribution in [1.29, 1.82) is 0 Å². The number of nitrogens with zero attached hydrogens (tertiary/aromatic N) is 1. The van der Waals surface area contributed by atoms with Gasteiger partial charge in [0.1, 0.15) is 0 Å². The summed E-state index contributed by atoms with van der Waals surface area (Å²) >= 11 is 0. The van der Waals surface area contributed by atoms with Crippen molar-refractivity contribution in [3.05, 3.63) is 0 Å². The smallest absolute Gasteiger partial charge is 0.153 e. The first-order valence-electron chi connectivity index (χ1n) is 7.23. The van der Waals surface area contributed by atoms with Gasteiger partial charge in [-0.3, -0.25) is 4.90 Å². The van der Waals surface area contributed by atoms with Crippen LogP contribution in [0.15, 0.2) is 0 Å². The number of sulfone groups is 1. The third-order valence-electron chi connectivity index (χ3n) is 4.85. The van der Waals surface area contributed by atoms with Crippen LogP contribution in [0.25, 0.3) is 0 Å². The van der Waals surface area contributed by atoms with Gasteiger partial charge in [-0.15, -0.1) is 0 Å². The molecule has 0 aromatic rings. The van der Waals surface area contributed by atoms with Gasteiger partial charge in [-0.25, -0.2) is 8.42 Å². The Kier molecular flexibility index (Phi) is 4.55. The molecule has 1 heterocycles. The monoisotopic (exact) mass is 290 g/mol. The molecule has 2 fully saturated rings. The first-order valence-corrected chi connectivity index (χ1v) is 9.05. The first kappa shape index (κ1) is 15.2. The molecule has 3 N–H and O–H groups in total. The molecule has 3 unspecified atom stereocenters. The maximum absolute atomic E-state index is 11.5. The normalized spacial score (nSPS) is 39.5. The summed E-state index contributed by atoms with van der Waals surface area (Å²) in [5.41, 5.74) is 5.00. The van der Waals surface area contributed by atoms with Crippen LogP contribution in [0.2, 0.25) is 0 Å². The van der Waals surface area contributed by atoms with Gasteiger partial charge in [0.05, 0.1) is 17.1 Å². The molecule has 1 saturated carbocycles. The van der Waals surface area contributed by atoms with Crippen LogP contribution in [0.3, 0.4) is 0 Å². The van der Waals surface area contributed by atoms with Crippen molar-refractivity contribution in [2.45, 2.75) is 44.2 Å². The van der Waals surface area contributed by atoms with E-state index in [1.807, 2.05) is 6.92 Å². The largest absolute Gasteiger partial charge is 0.388 e. The Labute approximate surface area is 116 Å². The van der Waals surface area contributed by atoms with E-state index in [0.29, 0.717) is 13.1 Å². The minimum atomic E-state index is -2.84. The van der Waals surface area contributed by atoms with E-state index < -0.39 is 15.4 Å². The average molecular weight is 290 g/mol. The van der Waals surface area contributed by atoms with Crippen LogP contribution in [0.1, 0.15) is 32.6 Å². The van der Waals surface area contributed by atoms with Crippen LogP contribution >= 0.6 is 0 Å². The summed E-state index contributed by atoms with van der Waals surface area (Å²) in [5.74, 6) is 0.797. The lowest BCUT2D eigenvalue weighted by atomic mass is 9.88. The summed E-state index contributed by atoms with van der Waals surface area (Å²) in [6.45, 7) is 3.79. The number of hydrogen-bond donors (Lipinski definition) is 2. The van der Waals surface area contributed by atoms with Gasteiger partial charge >= 0.3 is 0 Å². The summed E-state index contributed by atoms with van der Waals surface area (Å²) in [5, 5.41) is 10.4.